The standard InChI is InChI=1S/C12H20N2O3/c1-8-6-14(7-10(8)12(16)17)11(15)5-9-3-2-4-13-9/h8-10,13H,2-7H2,1H3,(H,16,17)/t8-,9?,10-/m1/s1. The maximum atomic E-state index is 12.0. The van der Waals surface area contributed by atoms with Gasteiger partial charge in [-0.3, -0.25) is 9.59 Å². The van der Waals surface area contributed by atoms with Crippen LogP contribution in [0.2, 0.25) is 0 Å². The number of aliphatic carboxylic acids is 1. The predicted molar refractivity (Wildman–Crippen MR) is 62.5 cm³/mol. The quantitative estimate of drug-likeness (QED) is 0.745. The van der Waals surface area contributed by atoms with Crippen LogP contribution < -0.4 is 5.32 Å². The van der Waals surface area contributed by atoms with E-state index >= 15 is 0 Å². The number of carbonyl (C=O) groups is 2. The molecule has 0 aliphatic carbocycles. The Hall–Kier alpha value is -1.10. The fourth-order valence-electron chi connectivity index (χ4n) is 2.76. The first-order valence-corrected chi connectivity index (χ1v) is 6.32. The summed E-state index contributed by atoms with van der Waals surface area (Å²) in [6, 6.07) is 0.293. The number of carboxylic acids is 1. The van der Waals surface area contributed by atoms with Crippen LogP contribution in [0.4, 0.5) is 0 Å². The van der Waals surface area contributed by atoms with Crippen molar-refractivity contribution in [3.05, 3.63) is 0 Å². The van der Waals surface area contributed by atoms with Gasteiger partial charge in [0.05, 0.1) is 5.92 Å². The summed E-state index contributed by atoms with van der Waals surface area (Å²) >= 11 is 0. The van der Waals surface area contributed by atoms with Crippen LogP contribution in [0.25, 0.3) is 0 Å². The first-order valence-electron chi connectivity index (χ1n) is 6.32. The molecule has 0 spiro atoms. The molecular formula is C12H20N2O3. The van der Waals surface area contributed by atoms with Crippen molar-refractivity contribution in [3.8, 4) is 0 Å². The molecule has 0 saturated carbocycles. The van der Waals surface area contributed by atoms with Gasteiger partial charge in [-0.15, -0.1) is 0 Å². The number of nitrogens with one attached hydrogen (secondary N) is 1. The molecular weight excluding hydrogens is 220 g/mol. The van der Waals surface area contributed by atoms with E-state index in [2.05, 4.69) is 5.32 Å². The molecule has 5 nitrogen and oxygen atoms in total. The van der Waals surface area contributed by atoms with Crippen molar-refractivity contribution < 1.29 is 14.7 Å². The van der Waals surface area contributed by atoms with E-state index in [0.717, 1.165) is 19.4 Å². The number of nitrogens with zero attached hydrogens (tertiary/aromatic N) is 1. The predicted octanol–water partition coefficient (Wildman–Crippen LogP) is 0.308. The van der Waals surface area contributed by atoms with E-state index in [0.29, 0.717) is 25.6 Å². The summed E-state index contributed by atoms with van der Waals surface area (Å²) in [6.45, 7) is 3.86. The van der Waals surface area contributed by atoms with Crippen LogP contribution in [-0.2, 0) is 9.59 Å². The smallest absolute Gasteiger partial charge is 0.308 e. The van der Waals surface area contributed by atoms with Gasteiger partial charge in [0.25, 0.3) is 0 Å². The number of hydrogen-bond acceptors (Lipinski definition) is 3. The topological polar surface area (TPSA) is 69.6 Å². The van der Waals surface area contributed by atoms with E-state index in [-0.39, 0.29) is 11.8 Å². The number of carbonyl (C=O) groups excluding carboxylic acids is 1. The molecule has 1 unspecified atom stereocenters. The lowest BCUT2D eigenvalue weighted by Crippen LogP contribution is -2.35. The molecule has 2 rings (SSSR count). The molecule has 5 heteroatoms. The number of likely N-dealkylation sites (tertiary alicyclic amines) is 1. The lowest BCUT2D eigenvalue weighted by molar-refractivity contribution is -0.142. The Morgan fingerprint density at radius 3 is 2.71 bits per heavy atom. The number of rotatable bonds is 3. The molecule has 2 fully saturated rings. The fourth-order valence-corrected chi connectivity index (χ4v) is 2.76. The molecule has 1 amide bonds. The van der Waals surface area contributed by atoms with Crippen LogP contribution in [0.1, 0.15) is 26.2 Å². The van der Waals surface area contributed by atoms with Crippen LogP contribution in [0.15, 0.2) is 0 Å². The molecule has 0 aromatic carbocycles. The number of carboxylic acid groups (broad SMARTS) is 1. The Labute approximate surface area is 101 Å². The van der Waals surface area contributed by atoms with Crippen LogP contribution >= 0.6 is 0 Å². The Morgan fingerprint density at radius 1 is 1.41 bits per heavy atom. The van der Waals surface area contributed by atoms with Crippen LogP contribution in [0.3, 0.4) is 0 Å². The van der Waals surface area contributed by atoms with Gasteiger partial charge in [-0.05, 0) is 25.3 Å². The summed E-state index contributed by atoms with van der Waals surface area (Å²) in [5, 5.41) is 12.3. The molecule has 0 bridgehead atoms. The summed E-state index contributed by atoms with van der Waals surface area (Å²) < 4.78 is 0. The Morgan fingerprint density at radius 2 is 2.18 bits per heavy atom. The van der Waals surface area contributed by atoms with Crippen molar-refractivity contribution in [2.45, 2.75) is 32.2 Å². The molecule has 96 valence electrons. The van der Waals surface area contributed by atoms with Crippen LogP contribution in [-0.4, -0.2) is 47.6 Å². The van der Waals surface area contributed by atoms with E-state index in [1.165, 1.54) is 0 Å². The highest BCUT2D eigenvalue weighted by atomic mass is 16.4. The fraction of sp³-hybridized carbons (Fsp3) is 0.833. The molecule has 0 aromatic heterocycles. The SMILES string of the molecule is C[C@@H]1CN(C(=O)CC2CCCN2)C[C@H]1C(=O)O. The molecule has 2 saturated heterocycles. The average molecular weight is 240 g/mol. The van der Waals surface area contributed by atoms with E-state index < -0.39 is 11.9 Å². The third-order valence-corrected chi connectivity index (χ3v) is 3.87. The van der Waals surface area contributed by atoms with Gasteiger partial charge >= 0.3 is 5.97 Å². The minimum Gasteiger partial charge on any atom is -0.481 e. The third kappa shape index (κ3) is 2.77. The number of hydrogen-bond donors (Lipinski definition) is 2. The maximum Gasteiger partial charge on any atom is 0.308 e. The zero-order valence-corrected chi connectivity index (χ0v) is 10.2. The van der Waals surface area contributed by atoms with E-state index in [1.54, 1.807) is 4.90 Å². The molecule has 2 heterocycles. The summed E-state index contributed by atoms with van der Waals surface area (Å²) in [6.07, 6.45) is 2.70. The molecule has 2 aliphatic heterocycles. The summed E-state index contributed by atoms with van der Waals surface area (Å²) in [5.74, 6) is -1.02. The zero-order chi connectivity index (χ0) is 12.4. The molecule has 2 N–H and O–H groups in total. The van der Waals surface area contributed by atoms with Gasteiger partial charge in [-0.2, -0.15) is 0 Å². The first kappa shape index (κ1) is 12.4. The summed E-state index contributed by atoms with van der Waals surface area (Å²) in [4.78, 5) is 24.7. The lowest BCUT2D eigenvalue weighted by Gasteiger charge is -2.18. The molecule has 3 atom stereocenters. The lowest BCUT2D eigenvalue weighted by atomic mass is 9.99. The van der Waals surface area contributed by atoms with Crippen LogP contribution in [0, 0.1) is 11.8 Å². The second-order valence-corrected chi connectivity index (χ2v) is 5.22. The van der Waals surface area contributed by atoms with Crippen molar-refractivity contribution in [1.82, 2.24) is 10.2 Å². The summed E-state index contributed by atoms with van der Waals surface area (Å²) in [7, 11) is 0. The zero-order valence-electron chi connectivity index (χ0n) is 10.2. The Kier molecular flexibility index (Phi) is 3.66. The van der Waals surface area contributed by atoms with Crippen LogP contribution in [0.5, 0.6) is 0 Å². The van der Waals surface area contributed by atoms with Gasteiger partial charge in [0.1, 0.15) is 0 Å². The van der Waals surface area contributed by atoms with Crippen molar-refractivity contribution in [2.24, 2.45) is 11.8 Å². The number of amides is 1. The second-order valence-electron chi connectivity index (χ2n) is 5.22. The van der Waals surface area contributed by atoms with Gasteiger partial charge in [-0.25, -0.2) is 0 Å². The monoisotopic (exact) mass is 240 g/mol. The normalized spacial score (nSPS) is 33.0. The van der Waals surface area contributed by atoms with Gasteiger partial charge < -0.3 is 15.3 Å². The highest BCUT2D eigenvalue weighted by molar-refractivity contribution is 5.79. The van der Waals surface area contributed by atoms with Gasteiger partial charge in [0.15, 0.2) is 0 Å². The first-order chi connectivity index (χ1) is 8.08. The minimum absolute atomic E-state index is 0.0630. The highest BCUT2D eigenvalue weighted by Crippen LogP contribution is 2.24. The van der Waals surface area contributed by atoms with Crippen molar-refractivity contribution in [3.63, 3.8) is 0 Å². The maximum absolute atomic E-state index is 12.0. The molecule has 0 aromatic rings. The molecule has 17 heavy (non-hydrogen) atoms. The van der Waals surface area contributed by atoms with Crippen molar-refractivity contribution in [2.75, 3.05) is 19.6 Å². The third-order valence-electron chi connectivity index (χ3n) is 3.87. The van der Waals surface area contributed by atoms with E-state index in [1.807, 2.05) is 6.92 Å². The van der Waals surface area contributed by atoms with Gasteiger partial charge in [-0.1, -0.05) is 6.92 Å². The van der Waals surface area contributed by atoms with Crippen molar-refractivity contribution in [1.29, 1.82) is 0 Å². The largest absolute Gasteiger partial charge is 0.481 e. The Balaban J connectivity index is 1.86. The summed E-state index contributed by atoms with van der Waals surface area (Å²) in [5.41, 5.74) is 0. The van der Waals surface area contributed by atoms with Gasteiger partial charge in [0, 0.05) is 25.6 Å². The van der Waals surface area contributed by atoms with E-state index in [4.69, 9.17) is 5.11 Å². The van der Waals surface area contributed by atoms with Gasteiger partial charge in [0.2, 0.25) is 5.91 Å². The molecule has 0 radical (unpaired) electrons. The second kappa shape index (κ2) is 5.04. The average Bonchev–Trinajstić information content (AvgIpc) is 2.86. The van der Waals surface area contributed by atoms with E-state index in [9.17, 15) is 9.59 Å². The minimum atomic E-state index is -0.785. The molecule has 2 aliphatic rings. The highest BCUT2D eigenvalue weighted by Gasteiger charge is 2.37. The Bertz CT molecular complexity index is 313. The van der Waals surface area contributed by atoms with Crippen molar-refractivity contribution >= 4 is 11.9 Å².